The highest BCUT2D eigenvalue weighted by atomic mass is 19.1. The molecule has 16 heteroatoms. The lowest BCUT2D eigenvalue weighted by Crippen LogP contribution is -2.57. The Balaban J connectivity index is 1.05. The smallest absolute Gasteiger partial charge is 0.410 e. The lowest BCUT2D eigenvalue weighted by molar-refractivity contribution is -0.121. The largest absolute Gasteiger partial charge is 0.461 e. The van der Waals surface area contributed by atoms with Crippen LogP contribution in [0, 0.1) is 24.0 Å². The number of hydrogen-bond acceptors (Lipinski definition) is 11. The van der Waals surface area contributed by atoms with E-state index in [0.29, 0.717) is 66.6 Å². The first-order valence-electron chi connectivity index (χ1n) is 22.2. The fourth-order valence-electron chi connectivity index (χ4n) is 9.90. The Kier molecular flexibility index (Phi) is 12.6. The molecular formula is C47H56F2N8O6. The van der Waals surface area contributed by atoms with Crippen LogP contribution in [0.3, 0.4) is 0 Å². The maximum atomic E-state index is 17.3. The summed E-state index contributed by atoms with van der Waals surface area (Å²) in [4.78, 5) is 58.3. The molecule has 0 spiro atoms. The number of ether oxygens (including phenoxy) is 3. The van der Waals surface area contributed by atoms with Crippen LogP contribution in [0.4, 0.5) is 24.2 Å². The van der Waals surface area contributed by atoms with Crippen molar-refractivity contribution in [3.8, 4) is 29.6 Å². The summed E-state index contributed by atoms with van der Waals surface area (Å²) in [5.74, 6) is 1.52. The number of amides is 3. The fraction of sp³-hybridized carbons (Fsp3) is 0.532. The Morgan fingerprint density at radius 2 is 1.81 bits per heavy atom. The minimum Gasteiger partial charge on any atom is -0.461 e. The van der Waals surface area contributed by atoms with Crippen molar-refractivity contribution < 1.29 is 37.4 Å². The molecule has 3 amide bonds. The van der Waals surface area contributed by atoms with Crippen LogP contribution in [0.1, 0.15) is 91.0 Å². The van der Waals surface area contributed by atoms with Crippen LogP contribution in [0.2, 0.25) is 0 Å². The predicted molar refractivity (Wildman–Crippen MR) is 234 cm³/mol. The van der Waals surface area contributed by atoms with Gasteiger partial charge in [-0.2, -0.15) is 9.97 Å². The molecule has 4 atom stereocenters. The Hall–Kier alpha value is -5.82. The van der Waals surface area contributed by atoms with Gasteiger partial charge in [-0.05, 0) is 90.1 Å². The summed E-state index contributed by atoms with van der Waals surface area (Å²) in [6.45, 7) is 10.6. The van der Waals surface area contributed by atoms with Gasteiger partial charge in [-0.3, -0.25) is 19.6 Å². The lowest BCUT2D eigenvalue weighted by Gasteiger charge is -2.42. The molecule has 0 aliphatic carbocycles. The molecule has 4 aromatic rings. The molecule has 4 fully saturated rings. The fourth-order valence-corrected chi connectivity index (χ4v) is 9.90. The van der Waals surface area contributed by atoms with Crippen molar-refractivity contribution in [3.05, 3.63) is 53.7 Å². The molecule has 2 N–H and O–H groups in total. The number of alkyl carbamates (subject to hydrolysis) is 1. The van der Waals surface area contributed by atoms with E-state index in [2.05, 4.69) is 31.3 Å². The van der Waals surface area contributed by atoms with E-state index in [0.717, 1.165) is 51.5 Å². The number of carbonyl (C=O) groups excluding carboxylic acids is 3. The quantitative estimate of drug-likeness (QED) is 0.105. The van der Waals surface area contributed by atoms with Crippen LogP contribution >= 0.6 is 0 Å². The maximum absolute atomic E-state index is 17.3. The molecule has 14 nitrogen and oxygen atoms in total. The molecular weight excluding hydrogens is 811 g/mol. The average Bonchev–Trinajstić information content (AvgIpc) is 3.91. The normalized spacial score (nSPS) is 22.0. The second-order valence-electron chi connectivity index (χ2n) is 18.1. The van der Waals surface area contributed by atoms with Gasteiger partial charge in [0, 0.05) is 55.8 Å². The van der Waals surface area contributed by atoms with Crippen LogP contribution in [0.25, 0.3) is 32.9 Å². The van der Waals surface area contributed by atoms with Crippen molar-refractivity contribution >= 4 is 45.6 Å². The Morgan fingerprint density at radius 1 is 1.02 bits per heavy atom. The first-order valence-corrected chi connectivity index (χ1v) is 22.2. The van der Waals surface area contributed by atoms with E-state index >= 15 is 8.78 Å². The molecule has 4 aliphatic rings. The molecule has 0 radical (unpaired) electrons. The SMILES string of the molecule is C#Cc1c(F)ccc2cccc(-c3ncc4c(N5CC6CCC(C5)N6C(=O)OC(C)(C)C)nc(OC[C@@]56CCCN5[C@H](COC(=O)NCCCC(=O)NCCC)CC6)nc4c3F)c12. The Morgan fingerprint density at radius 3 is 2.56 bits per heavy atom. The standard InChI is InChI=1S/C47H56F2N8O6/c1-6-21-50-37(58)13-9-22-51-44(59)61-27-32-18-20-47(19-10-23-56(32)47)28-62-43-53-41-35(42(54-43)55-25-30-15-16-31(26-55)57(30)45(60)63-46(3,4)5)24-52-40(39(41)49)34-12-8-11-29-14-17-36(48)33(7-2)38(29)34/h2,8,11-12,14,17,24,30-32H,6,9-10,13,15-16,18-23,25-28H2,1,3-5H3,(H,50,58)(H,51,59)/t30?,31?,32-,47-/m0/s1. The summed E-state index contributed by atoms with van der Waals surface area (Å²) >= 11 is 0. The second-order valence-corrected chi connectivity index (χ2v) is 18.1. The number of terminal acetylenes is 1. The van der Waals surface area contributed by atoms with Gasteiger partial charge in [0.1, 0.15) is 41.7 Å². The number of pyridine rings is 1. The van der Waals surface area contributed by atoms with Crippen molar-refractivity contribution in [2.45, 2.75) is 115 Å². The van der Waals surface area contributed by atoms with Gasteiger partial charge in [0.15, 0.2) is 5.82 Å². The van der Waals surface area contributed by atoms with Crippen LogP contribution < -0.4 is 20.3 Å². The topological polar surface area (TPSA) is 151 Å². The summed E-state index contributed by atoms with van der Waals surface area (Å²) in [5, 5.41) is 6.96. The van der Waals surface area contributed by atoms with Gasteiger partial charge < -0.3 is 29.7 Å². The predicted octanol–water partition coefficient (Wildman–Crippen LogP) is 7.10. The third-order valence-electron chi connectivity index (χ3n) is 12.8. The number of carbonyl (C=O) groups is 3. The minimum atomic E-state index is -0.729. The molecule has 2 unspecified atom stereocenters. The summed E-state index contributed by atoms with van der Waals surface area (Å²) in [6, 6.07) is 7.77. The number of hydrogen-bond donors (Lipinski definition) is 2. The molecule has 63 heavy (non-hydrogen) atoms. The van der Waals surface area contributed by atoms with Crippen LogP contribution in [-0.4, -0.2) is 118 Å². The molecule has 8 rings (SSSR count). The number of fused-ring (bicyclic) bond motifs is 5. The van der Waals surface area contributed by atoms with Crippen molar-refractivity contribution in [3.63, 3.8) is 0 Å². The first kappa shape index (κ1) is 43.8. The molecule has 2 aromatic heterocycles. The van der Waals surface area contributed by atoms with Gasteiger partial charge in [-0.25, -0.2) is 18.4 Å². The number of anilines is 1. The number of rotatable bonds is 13. The van der Waals surface area contributed by atoms with Gasteiger partial charge in [0.05, 0.1) is 28.6 Å². The Bertz CT molecular complexity index is 2430. The second kappa shape index (κ2) is 18.1. The van der Waals surface area contributed by atoms with Crippen molar-refractivity contribution in [2.75, 3.05) is 50.8 Å². The third kappa shape index (κ3) is 9.02. The molecule has 2 aromatic carbocycles. The number of nitrogens with one attached hydrogen (secondary N) is 2. The summed E-state index contributed by atoms with van der Waals surface area (Å²) in [5.41, 5.74) is -0.725. The third-order valence-corrected chi connectivity index (χ3v) is 12.8. The van der Waals surface area contributed by atoms with Crippen LogP contribution in [-0.2, 0) is 14.3 Å². The summed E-state index contributed by atoms with van der Waals surface area (Å²) in [6.07, 6.45) is 13.1. The number of piperazine rings is 1. The highest BCUT2D eigenvalue weighted by Gasteiger charge is 2.50. The molecule has 334 valence electrons. The molecule has 4 aliphatic heterocycles. The van der Waals surface area contributed by atoms with Gasteiger partial charge in [-0.15, -0.1) is 6.42 Å². The summed E-state index contributed by atoms with van der Waals surface area (Å²) < 4.78 is 50.3. The van der Waals surface area contributed by atoms with Crippen molar-refractivity contribution in [1.82, 2.24) is 35.4 Å². The van der Waals surface area contributed by atoms with E-state index in [1.807, 2.05) is 32.6 Å². The molecule has 4 saturated heterocycles. The zero-order valence-corrected chi connectivity index (χ0v) is 36.5. The molecule has 6 heterocycles. The molecule has 0 saturated carbocycles. The van der Waals surface area contributed by atoms with E-state index in [1.54, 1.807) is 30.5 Å². The van der Waals surface area contributed by atoms with Gasteiger partial charge in [0.25, 0.3) is 0 Å². The zero-order chi connectivity index (χ0) is 44.5. The highest BCUT2D eigenvalue weighted by molar-refractivity contribution is 6.02. The van der Waals surface area contributed by atoms with Gasteiger partial charge >= 0.3 is 18.2 Å². The van der Waals surface area contributed by atoms with E-state index in [1.165, 1.54) is 6.07 Å². The monoisotopic (exact) mass is 866 g/mol. The molecule has 2 bridgehead atoms. The van der Waals surface area contributed by atoms with Crippen LogP contribution in [0.5, 0.6) is 6.01 Å². The highest BCUT2D eigenvalue weighted by Crippen LogP contribution is 2.44. The van der Waals surface area contributed by atoms with Crippen molar-refractivity contribution in [2.24, 2.45) is 0 Å². The average molecular weight is 867 g/mol. The maximum Gasteiger partial charge on any atom is 0.410 e. The van der Waals surface area contributed by atoms with E-state index < -0.39 is 23.3 Å². The number of aromatic nitrogens is 3. The van der Waals surface area contributed by atoms with E-state index in [-0.39, 0.29) is 71.7 Å². The Labute approximate surface area is 366 Å². The van der Waals surface area contributed by atoms with Crippen LogP contribution in [0.15, 0.2) is 36.5 Å². The van der Waals surface area contributed by atoms with E-state index in [9.17, 15) is 14.4 Å². The zero-order valence-electron chi connectivity index (χ0n) is 36.5. The van der Waals surface area contributed by atoms with Gasteiger partial charge in [-0.1, -0.05) is 37.1 Å². The summed E-state index contributed by atoms with van der Waals surface area (Å²) in [7, 11) is 0. The van der Waals surface area contributed by atoms with Crippen molar-refractivity contribution in [1.29, 1.82) is 0 Å². The van der Waals surface area contributed by atoms with E-state index in [4.69, 9.17) is 30.6 Å². The minimum absolute atomic E-state index is 0.00701. The lowest BCUT2D eigenvalue weighted by atomic mass is 9.95. The number of benzene rings is 2. The first-order chi connectivity index (χ1) is 30.3. The van der Waals surface area contributed by atoms with Gasteiger partial charge in [0.2, 0.25) is 5.91 Å². The number of halogens is 2. The number of nitrogens with zero attached hydrogens (tertiary/aromatic N) is 6.